The van der Waals surface area contributed by atoms with Gasteiger partial charge in [-0.15, -0.1) is 0 Å². The van der Waals surface area contributed by atoms with Crippen LogP contribution in [0.1, 0.15) is 6.42 Å². The van der Waals surface area contributed by atoms with Gasteiger partial charge in [0.2, 0.25) is 10.0 Å². The molecule has 0 saturated heterocycles. The van der Waals surface area contributed by atoms with Gasteiger partial charge in [0.1, 0.15) is 4.90 Å². The second-order valence-electron chi connectivity index (χ2n) is 6.77. The number of pyridine rings is 1. The maximum atomic E-state index is 12.8. The number of sulfonamides is 1. The molecule has 10 heteroatoms. The predicted molar refractivity (Wildman–Crippen MR) is 113 cm³/mol. The SMILES string of the molecule is CNCCNc1ccc(-c2ccc(S(=O)(=O)N3CC=C(C(=O)NO)CC3)cn2)cc1. The van der Waals surface area contributed by atoms with E-state index in [1.165, 1.54) is 22.6 Å². The second kappa shape index (κ2) is 9.81. The second-order valence-corrected chi connectivity index (χ2v) is 8.71. The van der Waals surface area contributed by atoms with E-state index in [1.807, 2.05) is 31.3 Å². The number of hydrogen-bond donors (Lipinski definition) is 4. The fraction of sp³-hybridized carbons (Fsp3) is 0.300. The number of hydroxylamine groups is 1. The molecule has 0 atom stereocenters. The Kier molecular flexibility index (Phi) is 7.16. The third-order valence-electron chi connectivity index (χ3n) is 4.82. The number of anilines is 1. The molecule has 1 aromatic carbocycles. The molecule has 2 aromatic rings. The van der Waals surface area contributed by atoms with E-state index in [0.29, 0.717) is 11.3 Å². The van der Waals surface area contributed by atoms with Gasteiger partial charge in [-0.25, -0.2) is 13.9 Å². The number of rotatable bonds is 8. The molecule has 0 saturated carbocycles. The number of nitrogens with one attached hydrogen (secondary N) is 3. The molecule has 30 heavy (non-hydrogen) atoms. The van der Waals surface area contributed by atoms with Crippen molar-refractivity contribution < 1.29 is 18.4 Å². The average molecular weight is 432 g/mol. The molecule has 0 aliphatic carbocycles. The van der Waals surface area contributed by atoms with E-state index >= 15 is 0 Å². The summed E-state index contributed by atoms with van der Waals surface area (Å²) < 4.78 is 27.0. The summed E-state index contributed by atoms with van der Waals surface area (Å²) in [6, 6.07) is 11.0. The minimum Gasteiger partial charge on any atom is -0.384 e. The number of carbonyl (C=O) groups is 1. The summed E-state index contributed by atoms with van der Waals surface area (Å²) in [6.45, 7) is 1.90. The molecule has 3 rings (SSSR count). The third-order valence-corrected chi connectivity index (χ3v) is 6.67. The van der Waals surface area contributed by atoms with Crippen molar-refractivity contribution >= 4 is 21.6 Å². The Morgan fingerprint density at radius 2 is 1.93 bits per heavy atom. The standard InChI is InChI=1S/C20H25N5O4S/c1-21-10-11-22-17-4-2-15(3-5-17)19-7-6-18(14-23-19)30(28,29)25-12-8-16(9-13-25)20(26)24-27/h2-8,14,21-22,27H,9-13H2,1H3,(H,24,26). The topological polar surface area (TPSA) is 124 Å². The van der Waals surface area contributed by atoms with Crippen LogP contribution in [0.15, 0.2) is 59.1 Å². The van der Waals surface area contributed by atoms with Gasteiger partial charge < -0.3 is 10.6 Å². The molecule has 1 aliphatic heterocycles. The average Bonchev–Trinajstić information content (AvgIpc) is 2.79. The maximum absolute atomic E-state index is 12.8. The molecule has 0 fully saturated rings. The van der Waals surface area contributed by atoms with Gasteiger partial charge in [-0.2, -0.15) is 4.31 Å². The Labute approximate surface area is 175 Å². The van der Waals surface area contributed by atoms with Crippen LogP contribution in [-0.2, 0) is 14.8 Å². The van der Waals surface area contributed by atoms with Gasteiger partial charge in [-0.3, -0.25) is 15.0 Å². The zero-order valence-corrected chi connectivity index (χ0v) is 17.4. The molecular weight excluding hydrogens is 406 g/mol. The van der Waals surface area contributed by atoms with Crippen LogP contribution in [-0.4, -0.2) is 62.0 Å². The number of likely N-dealkylation sites (N-methyl/N-ethyl adjacent to an activating group) is 1. The van der Waals surface area contributed by atoms with Crippen LogP contribution in [0.4, 0.5) is 5.69 Å². The molecule has 2 heterocycles. The maximum Gasteiger partial charge on any atom is 0.270 e. The fourth-order valence-corrected chi connectivity index (χ4v) is 4.42. The lowest BCUT2D eigenvalue weighted by Crippen LogP contribution is -2.37. The predicted octanol–water partition coefficient (Wildman–Crippen LogP) is 1.21. The van der Waals surface area contributed by atoms with Crippen LogP contribution in [0, 0.1) is 0 Å². The Hall–Kier alpha value is -2.79. The first-order valence-corrected chi connectivity index (χ1v) is 11.0. The Bertz CT molecular complexity index is 1000. The molecule has 4 N–H and O–H groups in total. The summed E-state index contributed by atoms with van der Waals surface area (Å²) in [5, 5.41) is 15.0. The van der Waals surface area contributed by atoms with E-state index in [9.17, 15) is 13.2 Å². The Balaban J connectivity index is 1.69. The summed E-state index contributed by atoms with van der Waals surface area (Å²) in [5.41, 5.74) is 4.49. The van der Waals surface area contributed by atoms with Gasteiger partial charge >= 0.3 is 0 Å². The summed E-state index contributed by atoms with van der Waals surface area (Å²) in [5.74, 6) is -0.610. The van der Waals surface area contributed by atoms with Crippen LogP contribution >= 0.6 is 0 Å². The Morgan fingerprint density at radius 3 is 2.50 bits per heavy atom. The van der Waals surface area contributed by atoms with Crippen LogP contribution in [0.5, 0.6) is 0 Å². The first-order valence-electron chi connectivity index (χ1n) is 9.54. The highest BCUT2D eigenvalue weighted by Gasteiger charge is 2.27. The molecule has 0 unspecified atom stereocenters. The number of aromatic nitrogens is 1. The summed E-state index contributed by atoms with van der Waals surface area (Å²) in [6.07, 6.45) is 3.08. The van der Waals surface area contributed by atoms with Crippen LogP contribution < -0.4 is 16.1 Å². The number of hydrogen-bond acceptors (Lipinski definition) is 7. The smallest absolute Gasteiger partial charge is 0.270 e. The lowest BCUT2D eigenvalue weighted by molar-refractivity contribution is -0.125. The minimum absolute atomic E-state index is 0.0643. The molecule has 0 bridgehead atoms. The van der Waals surface area contributed by atoms with E-state index < -0.39 is 15.9 Å². The number of carbonyl (C=O) groups excluding carboxylic acids is 1. The van der Waals surface area contributed by atoms with Crippen molar-refractivity contribution in [3.8, 4) is 11.3 Å². The first-order chi connectivity index (χ1) is 14.5. The van der Waals surface area contributed by atoms with Crippen LogP contribution in [0.3, 0.4) is 0 Å². The van der Waals surface area contributed by atoms with E-state index in [1.54, 1.807) is 11.5 Å². The highest BCUT2D eigenvalue weighted by atomic mass is 32.2. The minimum atomic E-state index is -3.72. The lowest BCUT2D eigenvalue weighted by atomic mass is 10.1. The molecular formula is C20H25N5O4S. The number of benzene rings is 1. The van der Waals surface area contributed by atoms with Crippen molar-refractivity contribution in [3.63, 3.8) is 0 Å². The zero-order valence-electron chi connectivity index (χ0n) is 16.6. The number of nitrogens with zero attached hydrogens (tertiary/aromatic N) is 2. The van der Waals surface area contributed by atoms with Gasteiger partial charge in [0, 0.05) is 49.2 Å². The Morgan fingerprint density at radius 1 is 1.17 bits per heavy atom. The van der Waals surface area contributed by atoms with E-state index in [-0.39, 0.29) is 24.4 Å². The molecule has 1 aromatic heterocycles. The van der Waals surface area contributed by atoms with Crippen molar-refractivity contribution in [2.75, 3.05) is 38.5 Å². The lowest BCUT2D eigenvalue weighted by Gasteiger charge is -2.25. The largest absolute Gasteiger partial charge is 0.384 e. The number of amides is 1. The summed E-state index contributed by atoms with van der Waals surface area (Å²) >= 11 is 0. The quantitative estimate of drug-likeness (QED) is 0.281. The first kappa shape index (κ1) is 21.9. The van der Waals surface area contributed by atoms with Crippen LogP contribution in [0.25, 0.3) is 11.3 Å². The van der Waals surface area contributed by atoms with E-state index in [2.05, 4.69) is 15.6 Å². The highest BCUT2D eigenvalue weighted by molar-refractivity contribution is 7.89. The van der Waals surface area contributed by atoms with Gasteiger partial charge in [0.25, 0.3) is 5.91 Å². The molecule has 1 amide bonds. The monoisotopic (exact) mass is 431 g/mol. The highest BCUT2D eigenvalue weighted by Crippen LogP contribution is 2.24. The third kappa shape index (κ3) is 5.03. The zero-order chi connectivity index (χ0) is 21.6. The molecule has 160 valence electrons. The molecule has 0 radical (unpaired) electrons. The van der Waals surface area contributed by atoms with Crippen LogP contribution in [0.2, 0.25) is 0 Å². The molecule has 1 aliphatic rings. The molecule has 0 spiro atoms. The van der Waals surface area contributed by atoms with Crippen molar-refractivity contribution in [1.82, 2.24) is 20.1 Å². The van der Waals surface area contributed by atoms with Crippen molar-refractivity contribution in [3.05, 3.63) is 54.2 Å². The van der Waals surface area contributed by atoms with Gasteiger partial charge in [-0.1, -0.05) is 18.2 Å². The van der Waals surface area contributed by atoms with Crippen molar-refractivity contribution in [1.29, 1.82) is 0 Å². The van der Waals surface area contributed by atoms with Crippen molar-refractivity contribution in [2.24, 2.45) is 0 Å². The van der Waals surface area contributed by atoms with Gasteiger partial charge in [0.15, 0.2) is 0 Å². The summed E-state index contributed by atoms with van der Waals surface area (Å²) in [7, 11) is -1.82. The summed E-state index contributed by atoms with van der Waals surface area (Å²) in [4.78, 5) is 15.9. The van der Waals surface area contributed by atoms with Crippen molar-refractivity contribution in [2.45, 2.75) is 11.3 Å². The van der Waals surface area contributed by atoms with Gasteiger partial charge in [-0.05, 0) is 37.7 Å². The fourth-order valence-electron chi connectivity index (χ4n) is 3.09. The van der Waals surface area contributed by atoms with E-state index in [4.69, 9.17) is 5.21 Å². The molecule has 9 nitrogen and oxygen atoms in total. The van der Waals surface area contributed by atoms with Gasteiger partial charge in [0.05, 0.1) is 5.69 Å². The van der Waals surface area contributed by atoms with E-state index in [0.717, 1.165) is 24.3 Å². The normalized spacial score (nSPS) is 14.8.